The second kappa shape index (κ2) is 6.53. The van der Waals surface area contributed by atoms with Crippen molar-refractivity contribution in [2.45, 2.75) is 36.9 Å². The molecule has 2 N–H and O–H groups in total. The topological polar surface area (TPSA) is 95.9 Å². The largest absolute Gasteiger partial charge is 0.478 e. The number of rotatable bonds is 5. The van der Waals surface area contributed by atoms with Gasteiger partial charge < -0.3 is 10.1 Å². The molecule has 0 saturated carbocycles. The summed E-state index contributed by atoms with van der Waals surface area (Å²) < 4.78 is 0. The van der Waals surface area contributed by atoms with Gasteiger partial charge in [-0.2, -0.15) is 0 Å². The minimum Gasteiger partial charge on any atom is -0.478 e. The van der Waals surface area contributed by atoms with Crippen molar-refractivity contribution in [3.8, 4) is 0 Å². The number of carboxylic acids is 1. The Morgan fingerprint density at radius 1 is 1.38 bits per heavy atom. The third-order valence-electron chi connectivity index (χ3n) is 2.77. The van der Waals surface area contributed by atoms with Gasteiger partial charge in [-0.15, -0.1) is 0 Å². The van der Waals surface area contributed by atoms with Crippen molar-refractivity contribution in [1.82, 2.24) is 15.0 Å². The van der Waals surface area contributed by atoms with Crippen LogP contribution >= 0.6 is 11.8 Å². The molecule has 2 aromatic heterocycles. The number of aryl methyl sites for hydroxylation is 2. The van der Waals surface area contributed by atoms with Crippen LogP contribution in [-0.4, -0.2) is 26.0 Å². The van der Waals surface area contributed by atoms with Crippen LogP contribution in [0.3, 0.4) is 0 Å². The highest BCUT2D eigenvalue weighted by molar-refractivity contribution is 7.99. The van der Waals surface area contributed by atoms with E-state index in [1.54, 1.807) is 13.0 Å². The predicted octanol–water partition coefficient (Wildman–Crippen LogP) is 2.28. The number of hydrogen-bond donors (Lipinski definition) is 2. The Morgan fingerprint density at radius 3 is 2.76 bits per heavy atom. The summed E-state index contributed by atoms with van der Waals surface area (Å²) in [5.74, 6) is -1.01. The Kier molecular flexibility index (Phi) is 4.74. The van der Waals surface area contributed by atoms with Crippen molar-refractivity contribution in [2.24, 2.45) is 0 Å². The molecule has 6 nitrogen and oxygen atoms in total. The summed E-state index contributed by atoms with van der Waals surface area (Å²) in [5, 5.41) is 10.0. The molecule has 0 amide bonds. The third kappa shape index (κ3) is 3.91. The zero-order valence-electron chi connectivity index (χ0n) is 11.7. The fraction of sp³-hybridized carbons (Fsp3) is 0.286. The van der Waals surface area contributed by atoms with Gasteiger partial charge in [0.05, 0.1) is 11.3 Å². The number of carbonyl (C=O) groups is 1. The molecular weight excluding hydrogens is 290 g/mol. The average Bonchev–Trinajstić information content (AvgIpc) is 2.37. The van der Waals surface area contributed by atoms with Crippen LogP contribution in [0.1, 0.15) is 35.1 Å². The van der Waals surface area contributed by atoms with Gasteiger partial charge in [-0.1, -0.05) is 13.3 Å². The van der Waals surface area contributed by atoms with Crippen LogP contribution in [0, 0.1) is 6.92 Å². The second-order valence-electron chi connectivity index (χ2n) is 4.48. The second-order valence-corrected chi connectivity index (χ2v) is 5.49. The number of aromatic nitrogens is 3. The first-order valence-electron chi connectivity index (χ1n) is 6.48. The molecule has 110 valence electrons. The standard InChI is InChI=1S/C14H15N3O3S/c1-3-4-9-7-11(18)17-14(16-9)21-12-6-5-10(13(19)20)8(2)15-12/h5-7H,3-4H2,1-2H3,(H,19,20)(H,16,17,18). The molecule has 0 aliphatic rings. The Balaban J connectivity index is 2.28. The molecule has 2 heterocycles. The summed E-state index contributed by atoms with van der Waals surface area (Å²) in [6, 6.07) is 4.59. The van der Waals surface area contributed by atoms with Gasteiger partial charge in [-0.3, -0.25) is 4.79 Å². The zero-order chi connectivity index (χ0) is 15.4. The molecular formula is C14H15N3O3S. The molecule has 0 aliphatic heterocycles. The van der Waals surface area contributed by atoms with E-state index < -0.39 is 5.97 Å². The molecule has 0 aliphatic carbocycles. The Morgan fingerprint density at radius 2 is 2.14 bits per heavy atom. The maximum absolute atomic E-state index is 11.6. The van der Waals surface area contributed by atoms with Gasteiger partial charge in [0.1, 0.15) is 5.03 Å². The summed E-state index contributed by atoms with van der Waals surface area (Å²) in [4.78, 5) is 33.7. The highest BCUT2D eigenvalue weighted by atomic mass is 32.2. The lowest BCUT2D eigenvalue weighted by molar-refractivity contribution is 0.0695. The van der Waals surface area contributed by atoms with Gasteiger partial charge in [0.25, 0.3) is 5.56 Å². The van der Waals surface area contributed by atoms with E-state index >= 15 is 0 Å². The van der Waals surface area contributed by atoms with Crippen molar-refractivity contribution in [1.29, 1.82) is 0 Å². The van der Waals surface area contributed by atoms with Crippen molar-refractivity contribution in [3.63, 3.8) is 0 Å². The molecule has 0 fully saturated rings. The van der Waals surface area contributed by atoms with E-state index in [2.05, 4.69) is 15.0 Å². The number of pyridine rings is 1. The monoisotopic (exact) mass is 305 g/mol. The highest BCUT2D eigenvalue weighted by Crippen LogP contribution is 2.23. The van der Waals surface area contributed by atoms with Crippen molar-refractivity contribution in [3.05, 3.63) is 45.5 Å². The van der Waals surface area contributed by atoms with Crippen molar-refractivity contribution < 1.29 is 9.90 Å². The lowest BCUT2D eigenvalue weighted by Gasteiger charge is -2.05. The molecule has 7 heteroatoms. The number of nitrogens with one attached hydrogen (secondary N) is 1. The van der Waals surface area contributed by atoms with Crippen LogP contribution in [0.25, 0.3) is 0 Å². The highest BCUT2D eigenvalue weighted by Gasteiger charge is 2.10. The van der Waals surface area contributed by atoms with E-state index in [4.69, 9.17) is 5.11 Å². The minimum absolute atomic E-state index is 0.167. The number of aromatic amines is 1. The van der Waals surface area contributed by atoms with Crippen LogP contribution < -0.4 is 5.56 Å². The summed E-state index contributed by atoms with van der Waals surface area (Å²) >= 11 is 1.21. The molecule has 0 aromatic carbocycles. The molecule has 21 heavy (non-hydrogen) atoms. The molecule has 0 unspecified atom stereocenters. The Labute approximate surface area is 125 Å². The number of H-pyrrole nitrogens is 1. The molecule has 0 saturated heterocycles. The van der Waals surface area contributed by atoms with E-state index in [1.807, 2.05) is 6.92 Å². The van der Waals surface area contributed by atoms with Crippen molar-refractivity contribution >= 4 is 17.7 Å². The van der Waals surface area contributed by atoms with Crippen LogP contribution in [0.5, 0.6) is 0 Å². The molecule has 0 radical (unpaired) electrons. The summed E-state index contributed by atoms with van der Waals surface area (Å²) in [6.45, 7) is 3.66. The van der Waals surface area contributed by atoms with Crippen LogP contribution in [0.4, 0.5) is 0 Å². The fourth-order valence-corrected chi connectivity index (χ4v) is 2.67. The van der Waals surface area contributed by atoms with E-state index in [1.165, 1.54) is 23.9 Å². The van der Waals surface area contributed by atoms with Crippen molar-refractivity contribution in [2.75, 3.05) is 0 Å². The smallest absolute Gasteiger partial charge is 0.337 e. The number of carboxylic acid groups (broad SMARTS) is 1. The van der Waals surface area contributed by atoms with Gasteiger partial charge >= 0.3 is 5.97 Å². The Bertz CT molecular complexity index is 728. The van der Waals surface area contributed by atoms with Gasteiger partial charge in [-0.05, 0) is 37.2 Å². The first-order chi connectivity index (χ1) is 9.99. The first kappa shape index (κ1) is 15.2. The third-order valence-corrected chi connectivity index (χ3v) is 3.59. The van der Waals surface area contributed by atoms with E-state index in [0.29, 0.717) is 15.9 Å². The maximum atomic E-state index is 11.6. The number of aromatic carboxylic acids is 1. The lowest BCUT2D eigenvalue weighted by atomic mass is 10.2. The SMILES string of the molecule is CCCc1cc(=O)[nH]c(Sc2ccc(C(=O)O)c(C)n2)n1. The normalized spacial score (nSPS) is 10.6. The number of nitrogens with zero attached hydrogens (tertiary/aromatic N) is 2. The molecule has 0 bridgehead atoms. The Hall–Kier alpha value is -2.15. The minimum atomic E-state index is -1.01. The van der Waals surface area contributed by atoms with E-state index in [9.17, 15) is 9.59 Å². The summed E-state index contributed by atoms with van der Waals surface area (Å²) in [7, 11) is 0. The van der Waals surface area contributed by atoms with E-state index in [0.717, 1.165) is 18.5 Å². The van der Waals surface area contributed by atoms with Gasteiger partial charge in [0, 0.05) is 11.8 Å². The lowest BCUT2D eigenvalue weighted by Crippen LogP contribution is -2.10. The van der Waals surface area contributed by atoms with Gasteiger partial charge in [0.2, 0.25) is 0 Å². The molecule has 0 atom stereocenters. The maximum Gasteiger partial charge on any atom is 0.337 e. The summed E-state index contributed by atoms with van der Waals surface area (Å²) in [5.41, 5.74) is 1.14. The predicted molar refractivity (Wildman–Crippen MR) is 78.9 cm³/mol. The summed E-state index contributed by atoms with van der Waals surface area (Å²) in [6.07, 6.45) is 1.65. The quantitative estimate of drug-likeness (QED) is 0.823. The molecule has 0 spiro atoms. The first-order valence-corrected chi connectivity index (χ1v) is 7.30. The van der Waals surface area contributed by atoms with Gasteiger partial charge in [0.15, 0.2) is 5.16 Å². The van der Waals surface area contributed by atoms with Crippen LogP contribution in [-0.2, 0) is 6.42 Å². The molecule has 2 rings (SSSR count). The number of hydrogen-bond acceptors (Lipinski definition) is 5. The van der Waals surface area contributed by atoms with Crippen LogP contribution in [0.15, 0.2) is 33.2 Å². The van der Waals surface area contributed by atoms with Gasteiger partial charge in [-0.25, -0.2) is 14.8 Å². The van der Waals surface area contributed by atoms with E-state index in [-0.39, 0.29) is 11.1 Å². The fourth-order valence-electron chi connectivity index (χ4n) is 1.84. The molecule has 2 aromatic rings. The zero-order valence-corrected chi connectivity index (χ0v) is 12.5. The van der Waals surface area contributed by atoms with Crippen LogP contribution in [0.2, 0.25) is 0 Å². The average molecular weight is 305 g/mol.